The van der Waals surface area contributed by atoms with Gasteiger partial charge >= 0.3 is 12.1 Å². The molecule has 0 spiro atoms. The first kappa shape index (κ1) is 32.8. The summed E-state index contributed by atoms with van der Waals surface area (Å²) in [5.41, 5.74) is -0.838. The molecule has 1 saturated carbocycles. The summed E-state index contributed by atoms with van der Waals surface area (Å²) in [5, 5.41) is 31.0. The van der Waals surface area contributed by atoms with Gasteiger partial charge in [-0.05, 0) is 56.5 Å². The van der Waals surface area contributed by atoms with Gasteiger partial charge in [-0.1, -0.05) is 44.2 Å². The third-order valence-electron chi connectivity index (χ3n) is 6.95. The zero-order valence-electron chi connectivity index (χ0n) is 22.7. The van der Waals surface area contributed by atoms with E-state index in [4.69, 9.17) is 9.47 Å². The van der Waals surface area contributed by atoms with E-state index in [1.54, 1.807) is 6.08 Å². The zero-order chi connectivity index (χ0) is 28.8. The van der Waals surface area contributed by atoms with Crippen LogP contribution in [0.4, 0.5) is 13.2 Å². The number of benzene rings is 1. The summed E-state index contributed by atoms with van der Waals surface area (Å²) in [6.07, 6.45) is 2.24. The van der Waals surface area contributed by atoms with Gasteiger partial charge in [0.15, 0.2) is 0 Å². The number of allylic oxidation sites excluding steroid dienone is 2. The Kier molecular flexibility index (Phi) is 14.0. The van der Waals surface area contributed by atoms with E-state index in [0.29, 0.717) is 32.3 Å². The third kappa shape index (κ3) is 11.7. The number of esters is 1. The lowest BCUT2D eigenvalue weighted by atomic mass is 9.89. The predicted octanol–water partition coefficient (Wildman–Crippen LogP) is 4.36. The van der Waals surface area contributed by atoms with Gasteiger partial charge in [-0.25, -0.2) is 0 Å². The normalized spacial score (nSPS) is 22.7. The van der Waals surface area contributed by atoms with Crippen molar-refractivity contribution in [1.29, 1.82) is 0 Å². The monoisotopic (exact) mass is 557 g/mol. The Balaban J connectivity index is 1.75. The highest BCUT2D eigenvalue weighted by atomic mass is 19.4. The number of alkyl halides is 3. The number of hydrogen-bond acceptors (Lipinski definition) is 7. The molecular formula is C29H42F3NO6. The number of ether oxygens (including phenoxy) is 2. The molecule has 1 aliphatic rings. The van der Waals surface area contributed by atoms with Gasteiger partial charge in [0, 0.05) is 25.3 Å². The minimum absolute atomic E-state index is 0.00972. The van der Waals surface area contributed by atoms with E-state index in [1.165, 1.54) is 18.2 Å². The summed E-state index contributed by atoms with van der Waals surface area (Å²) >= 11 is 0. The lowest BCUT2D eigenvalue weighted by Gasteiger charge is -2.19. The minimum atomic E-state index is -4.49. The number of carbonyl (C=O) groups is 1. The molecule has 0 radical (unpaired) electrons. The topological polar surface area (TPSA) is 99.5 Å². The average Bonchev–Trinajstić information content (AvgIpc) is 3.17. The Morgan fingerprint density at radius 3 is 2.62 bits per heavy atom. The number of likely N-dealkylation sites (N-methyl/N-ethyl adjacent to an activating group) is 1. The van der Waals surface area contributed by atoms with E-state index < -0.39 is 36.0 Å². The summed E-state index contributed by atoms with van der Waals surface area (Å²) in [4.78, 5) is 14.0. The molecule has 10 heteroatoms. The maximum Gasteiger partial charge on any atom is 0.416 e. The van der Waals surface area contributed by atoms with Crippen molar-refractivity contribution in [2.75, 3.05) is 32.8 Å². The van der Waals surface area contributed by atoms with Gasteiger partial charge in [0.1, 0.15) is 25.1 Å². The molecule has 3 N–H and O–H groups in total. The van der Waals surface area contributed by atoms with E-state index in [1.807, 2.05) is 12.2 Å². The molecule has 1 aromatic carbocycles. The summed E-state index contributed by atoms with van der Waals surface area (Å²) in [5.74, 6) is -0.877. The molecule has 1 aliphatic carbocycles. The van der Waals surface area contributed by atoms with Crippen LogP contribution in [-0.4, -0.2) is 77.3 Å². The fourth-order valence-corrected chi connectivity index (χ4v) is 4.60. The fourth-order valence-electron chi connectivity index (χ4n) is 4.60. The van der Waals surface area contributed by atoms with Gasteiger partial charge in [0.2, 0.25) is 0 Å². The van der Waals surface area contributed by atoms with Crippen molar-refractivity contribution in [3.8, 4) is 5.75 Å². The lowest BCUT2D eigenvalue weighted by Crippen LogP contribution is -2.27. The fraction of sp³-hybridized carbons (Fsp3) is 0.621. The molecule has 1 fully saturated rings. The van der Waals surface area contributed by atoms with Crippen LogP contribution in [0.2, 0.25) is 0 Å². The van der Waals surface area contributed by atoms with Gasteiger partial charge in [-0.15, -0.1) is 0 Å². The Morgan fingerprint density at radius 1 is 1.18 bits per heavy atom. The molecule has 5 atom stereocenters. The number of nitrogens with zero attached hydrogens (tertiary/aromatic N) is 1. The Labute approximate surface area is 228 Å². The van der Waals surface area contributed by atoms with Crippen LogP contribution in [0.1, 0.15) is 51.5 Å². The predicted molar refractivity (Wildman–Crippen MR) is 142 cm³/mol. The lowest BCUT2D eigenvalue weighted by molar-refractivity contribution is -0.144. The van der Waals surface area contributed by atoms with Crippen LogP contribution in [-0.2, 0) is 15.7 Å². The van der Waals surface area contributed by atoms with Gasteiger partial charge < -0.3 is 29.7 Å². The molecule has 0 bridgehead atoms. The van der Waals surface area contributed by atoms with Crippen molar-refractivity contribution in [3.05, 3.63) is 54.1 Å². The molecule has 7 nitrogen and oxygen atoms in total. The SMILES string of the molecule is CCN(CC)CCOC(=O)CCC/C=C\C[C@@H]1[C@@H](/C=C/[C@@H](O)COc2cccc(C(F)(F)F)c2)[C@H](O)C[C@@H]1O. The van der Waals surface area contributed by atoms with Crippen LogP contribution in [0.15, 0.2) is 48.6 Å². The second-order valence-corrected chi connectivity index (χ2v) is 9.75. The van der Waals surface area contributed by atoms with Crippen molar-refractivity contribution in [1.82, 2.24) is 4.90 Å². The highest BCUT2D eigenvalue weighted by Gasteiger charge is 2.39. The highest BCUT2D eigenvalue weighted by molar-refractivity contribution is 5.69. The molecule has 220 valence electrons. The first-order chi connectivity index (χ1) is 18.5. The Hall–Kier alpha value is -2.40. The smallest absolute Gasteiger partial charge is 0.416 e. The number of hydrogen-bond donors (Lipinski definition) is 3. The summed E-state index contributed by atoms with van der Waals surface area (Å²) < 4.78 is 49.1. The molecule has 0 unspecified atom stereocenters. The van der Waals surface area contributed by atoms with Gasteiger partial charge in [0.05, 0.1) is 17.8 Å². The molecule has 2 rings (SSSR count). The molecule has 0 heterocycles. The number of unbranched alkanes of at least 4 members (excludes halogenated alkanes) is 1. The molecule has 0 aromatic heterocycles. The zero-order valence-corrected chi connectivity index (χ0v) is 22.7. The molecule has 1 aromatic rings. The average molecular weight is 558 g/mol. The van der Waals surface area contributed by atoms with E-state index in [-0.39, 0.29) is 30.7 Å². The van der Waals surface area contributed by atoms with Crippen LogP contribution >= 0.6 is 0 Å². The largest absolute Gasteiger partial charge is 0.491 e. The molecule has 0 saturated heterocycles. The van der Waals surface area contributed by atoms with Crippen LogP contribution in [0, 0.1) is 11.8 Å². The van der Waals surface area contributed by atoms with Crippen molar-refractivity contribution in [2.24, 2.45) is 11.8 Å². The van der Waals surface area contributed by atoms with Gasteiger partial charge in [-0.2, -0.15) is 13.2 Å². The standard InChI is InChI=1S/C29H42F3NO6/c1-3-33(4-2)16-17-38-28(37)13-8-6-5-7-12-24-25(27(36)19-26(24)35)15-14-22(34)20-39-23-11-9-10-21(18-23)29(30,31)32/h5,7,9-11,14-15,18,22,24-27,34-36H,3-4,6,8,12-13,16-17,19-20H2,1-2H3/b7-5-,15-14+/t22-,24-,25-,26+,27-/m1/s1. The van der Waals surface area contributed by atoms with Crippen molar-refractivity contribution < 1.29 is 42.8 Å². The Morgan fingerprint density at radius 2 is 1.92 bits per heavy atom. The summed E-state index contributed by atoms with van der Waals surface area (Å²) in [7, 11) is 0. The van der Waals surface area contributed by atoms with Crippen LogP contribution in [0.5, 0.6) is 5.75 Å². The van der Waals surface area contributed by atoms with E-state index in [9.17, 15) is 33.3 Å². The van der Waals surface area contributed by atoms with E-state index in [0.717, 1.165) is 31.8 Å². The highest BCUT2D eigenvalue weighted by Crippen LogP contribution is 2.36. The van der Waals surface area contributed by atoms with Crippen LogP contribution in [0.3, 0.4) is 0 Å². The molecule has 0 aliphatic heterocycles. The number of aliphatic hydroxyl groups excluding tert-OH is 3. The quantitative estimate of drug-likeness (QED) is 0.158. The molecular weight excluding hydrogens is 515 g/mol. The van der Waals surface area contributed by atoms with E-state index >= 15 is 0 Å². The van der Waals surface area contributed by atoms with Gasteiger partial charge in [0.25, 0.3) is 0 Å². The Bertz CT molecular complexity index is 919. The maximum absolute atomic E-state index is 12.8. The third-order valence-corrected chi connectivity index (χ3v) is 6.95. The number of carbonyl (C=O) groups excluding carboxylic acids is 1. The first-order valence-electron chi connectivity index (χ1n) is 13.6. The number of halogens is 3. The van der Waals surface area contributed by atoms with Crippen molar-refractivity contribution >= 4 is 5.97 Å². The second kappa shape index (κ2) is 16.6. The molecule has 39 heavy (non-hydrogen) atoms. The number of aliphatic hydroxyl groups is 3. The first-order valence-corrected chi connectivity index (χ1v) is 13.6. The van der Waals surface area contributed by atoms with Crippen LogP contribution in [0.25, 0.3) is 0 Å². The second-order valence-electron chi connectivity index (χ2n) is 9.75. The van der Waals surface area contributed by atoms with Gasteiger partial charge in [-0.3, -0.25) is 4.79 Å². The summed E-state index contributed by atoms with van der Waals surface area (Å²) in [6, 6.07) is 4.41. The van der Waals surface area contributed by atoms with Crippen molar-refractivity contribution in [2.45, 2.75) is 70.4 Å². The number of rotatable bonds is 16. The summed E-state index contributed by atoms with van der Waals surface area (Å²) in [6.45, 7) is 6.82. The van der Waals surface area contributed by atoms with Crippen molar-refractivity contribution in [3.63, 3.8) is 0 Å². The van der Waals surface area contributed by atoms with Crippen LogP contribution < -0.4 is 4.74 Å². The van der Waals surface area contributed by atoms with E-state index in [2.05, 4.69) is 18.7 Å². The maximum atomic E-state index is 12.8. The molecule has 0 amide bonds. The minimum Gasteiger partial charge on any atom is -0.491 e.